The van der Waals surface area contributed by atoms with E-state index in [1.165, 1.54) is 0 Å². The number of sulfonamides is 1. The number of urea groups is 1. The molecule has 2 aliphatic rings. The molecule has 1 saturated heterocycles. The molecule has 0 saturated carbocycles. The number of amides is 2. The lowest BCUT2D eigenvalue weighted by molar-refractivity contribution is 0.222. The van der Waals surface area contributed by atoms with E-state index >= 15 is 0 Å². The minimum Gasteiger partial charge on any atom is -0.469 e. The van der Waals surface area contributed by atoms with Crippen molar-refractivity contribution in [1.82, 2.24) is 14.9 Å². The predicted octanol–water partition coefficient (Wildman–Crippen LogP) is 2.16. The second-order valence-corrected chi connectivity index (χ2v) is 8.94. The molecule has 1 aliphatic heterocycles. The van der Waals surface area contributed by atoms with Crippen LogP contribution in [0.15, 0.2) is 16.7 Å². The first-order chi connectivity index (χ1) is 12.0. The Morgan fingerprint density at radius 3 is 2.76 bits per heavy atom. The van der Waals surface area contributed by atoms with Crippen LogP contribution in [-0.2, 0) is 16.4 Å². The number of nitrogens with one attached hydrogen (secondary N) is 2. The third-order valence-corrected chi connectivity index (χ3v) is 7.08. The summed E-state index contributed by atoms with van der Waals surface area (Å²) in [6, 6.07) is 1.75. The molecule has 1 unspecified atom stereocenters. The molecule has 140 valence electrons. The van der Waals surface area contributed by atoms with Crippen molar-refractivity contribution < 1.29 is 17.6 Å². The fourth-order valence-electron chi connectivity index (χ4n) is 3.69. The molecule has 1 aliphatic carbocycles. The molecule has 1 fully saturated rings. The van der Waals surface area contributed by atoms with Gasteiger partial charge in [-0.05, 0) is 38.2 Å². The third-order valence-electron chi connectivity index (χ3n) is 5.00. The van der Waals surface area contributed by atoms with Gasteiger partial charge in [0.25, 0.3) is 0 Å². The minimum atomic E-state index is -3.14. The molecule has 8 heteroatoms. The highest BCUT2D eigenvalue weighted by atomic mass is 32.2. The van der Waals surface area contributed by atoms with Crippen molar-refractivity contribution in [2.75, 3.05) is 18.8 Å². The number of fused-ring (bicyclic) bond motifs is 1. The smallest absolute Gasteiger partial charge is 0.315 e. The van der Waals surface area contributed by atoms with Crippen LogP contribution in [0.1, 0.15) is 56.4 Å². The highest BCUT2D eigenvalue weighted by Crippen LogP contribution is 2.30. The zero-order chi connectivity index (χ0) is 17.9. The highest BCUT2D eigenvalue weighted by molar-refractivity contribution is 7.89. The van der Waals surface area contributed by atoms with Crippen LogP contribution < -0.4 is 10.6 Å². The van der Waals surface area contributed by atoms with Gasteiger partial charge < -0.3 is 15.1 Å². The molecule has 0 radical (unpaired) electrons. The van der Waals surface area contributed by atoms with Crippen molar-refractivity contribution in [2.45, 2.75) is 57.5 Å². The van der Waals surface area contributed by atoms with Crippen molar-refractivity contribution >= 4 is 16.1 Å². The molecule has 0 spiro atoms. The van der Waals surface area contributed by atoms with Crippen molar-refractivity contribution in [3.8, 4) is 0 Å². The second kappa shape index (κ2) is 7.78. The van der Waals surface area contributed by atoms with Crippen LogP contribution in [0.5, 0.6) is 0 Å². The van der Waals surface area contributed by atoms with E-state index in [4.69, 9.17) is 4.42 Å². The Labute approximate surface area is 149 Å². The molecule has 1 atom stereocenters. The molecule has 25 heavy (non-hydrogen) atoms. The van der Waals surface area contributed by atoms with E-state index < -0.39 is 10.0 Å². The number of carbonyl (C=O) groups is 1. The fourth-order valence-corrected chi connectivity index (χ4v) is 5.23. The number of nitrogens with zero attached hydrogens (tertiary/aromatic N) is 1. The summed E-state index contributed by atoms with van der Waals surface area (Å²) in [4.78, 5) is 12.3. The van der Waals surface area contributed by atoms with E-state index in [9.17, 15) is 13.2 Å². The molecule has 7 nitrogen and oxygen atoms in total. The summed E-state index contributed by atoms with van der Waals surface area (Å²) < 4.78 is 31.2. The molecule has 3 rings (SSSR count). The predicted molar refractivity (Wildman–Crippen MR) is 94.7 cm³/mol. The normalized spacial score (nSPS) is 22.4. The zero-order valence-corrected chi connectivity index (χ0v) is 15.5. The molecule has 2 N–H and O–H groups in total. The van der Waals surface area contributed by atoms with Crippen molar-refractivity contribution in [2.24, 2.45) is 0 Å². The third kappa shape index (κ3) is 4.36. The van der Waals surface area contributed by atoms with Gasteiger partial charge >= 0.3 is 6.03 Å². The standard InChI is InChI=1S/C17H27N3O4S/c1-2-12-25(22,23)20-9-6-13(7-10-20)18-17(21)19-15-4-3-5-16-14(15)8-11-24-16/h8,11,13,15H,2-7,9-10,12H2,1H3,(H2,18,19,21). The van der Waals surface area contributed by atoms with Crippen molar-refractivity contribution in [3.05, 3.63) is 23.7 Å². The van der Waals surface area contributed by atoms with Crippen LogP contribution in [0.25, 0.3) is 0 Å². The molecule has 1 aromatic rings. The Kier molecular flexibility index (Phi) is 5.68. The fraction of sp³-hybridized carbons (Fsp3) is 0.706. The van der Waals surface area contributed by atoms with Gasteiger partial charge in [-0.25, -0.2) is 17.5 Å². The zero-order valence-electron chi connectivity index (χ0n) is 14.7. The summed E-state index contributed by atoms with van der Waals surface area (Å²) in [6.45, 7) is 2.82. The van der Waals surface area contributed by atoms with E-state index in [2.05, 4.69) is 10.6 Å². The van der Waals surface area contributed by atoms with Crippen LogP contribution in [0.4, 0.5) is 4.79 Å². The molecular formula is C17H27N3O4S. The summed E-state index contributed by atoms with van der Waals surface area (Å²) in [6.07, 6.45) is 6.44. The summed E-state index contributed by atoms with van der Waals surface area (Å²) in [5.74, 6) is 1.16. The first-order valence-corrected chi connectivity index (χ1v) is 10.7. The van der Waals surface area contributed by atoms with Gasteiger partial charge in [0.2, 0.25) is 10.0 Å². The van der Waals surface area contributed by atoms with Crippen LogP contribution in [0, 0.1) is 0 Å². The minimum absolute atomic E-state index is 0.00692. The Morgan fingerprint density at radius 1 is 1.28 bits per heavy atom. The van der Waals surface area contributed by atoms with Gasteiger partial charge in [-0.3, -0.25) is 0 Å². The van der Waals surface area contributed by atoms with Gasteiger partial charge in [-0.1, -0.05) is 6.92 Å². The van der Waals surface area contributed by atoms with Gasteiger partial charge in [0.15, 0.2) is 0 Å². The Morgan fingerprint density at radius 2 is 2.04 bits per heavy atom. The van der Waals surface area contributed by atoms with Crippen LogP contribution in [0.2, 0.25) is 0 Å². The van der Waals surface area contributed by atoms with Crippen molar-refractivity contribution in [3.63, 3.8) is 0 Å². The maximum atomic E-state index is 12.3. The van der Waals surface area contributed by atoms with E-state index in [-0.39, 0.29) is 23.9 Å². The largest absolute Gasteiger partial charge is 0.469 e. The van der Waals surface area contributed by atoms with Crippen LogP contribution in [-0.4, -0.2) is 43.6 Å². The molecule has 2 heterocycles. The number of hydrogen-bond donors (Lipinski definition) is 2. The maximum Gasteiger partial charge on any atom is 0.315 e. The average molecular weight is 369 g/mol. The van der Waals surface area contributed by atoms with Gasteiger partial charge in [0.05, 0.1) is 18.1 Å². The van der Waals surface area contributed by atoms with Crippen LogP contribution in [0.3, 0.4) is 0 Å². The van der Waals surface area contributed by atoms with Gasteiger partial charge in [0.1, 0.15) is 5.76 Å². The van der Waals surface area contributed by atoms with E-state index in [0.29, 0.717) is 32.4 Å². The summed E-state index contributed by atoms with van der Waals surface area (Å²) in [5, 5.41) is 6.02. The number of piperidine rings is 1. The number of hydrogen-bond acceptors (Lipinski definition) is 4. The van der Waals surface area contributed by atoms with E-state index in [0.717, 1.165) is 30.6 Å². The maximum absolute atomic E-state index is 12.3. The first kappa shape index (κ1) is 18.3. The first-order valence-electron chi connectivity index (χ1n) is 9.10. The molecular weight excluding hydrogens is 342 g/mol. The Bertz CT molecular complexity index is 693. The van der Waals surface area contributed by atoms with E-state index in [1.54, 1.807) is 10.6 Å². The molecule has 2 amide bonds. The lowest BCUT2D eigenvalue weighted by Crippen LogP contribution is -2.50. The summed E-state index contributed by atoms with van der Waals surface area (Å²) >= 11 is 0. The SMILES string of the molecule is CCCS(=O)(=O)N1CCC(NC(=O)NC2CCCc3occc32)CC1. The van der Waals surface area contributed by atoms with Crippen LogP contribution >= 0.6 is 0 Å². The van der Waals surface area contributed by atoms with Crippen molar-refractivity contribution in [1.29, 1.82) is 0 Å². The summed E-state index contributed by atoms with van der Waals surface area (Å²) in [5.41, 5.74) is 1.07. The Balaban J connectivity index is 1.48. The van der Waals surface area contributed by atoms with Gasteiger partial charge in [-0.15, -0.1) is 0 Å². The number of furan rings is 1. The molecule has 0 aromatic carbocycles. The lowest BCUT2D eigenvalue weighted by Gasteiger charge is -2.32. The lowest BCUT2D eigenvalue weighted by atomic mass is 9.93. The average Bonchev–Trinajstić information content (AvgIpc) is 3.05. The molecule has 1 aromatic heterocycles. The second-order valence-electron chi connectivity index (χ2n) is 6.85. The Hall–Kier alpha value is -1.54. The van der Waals surface area contributed by atoms with Gasteiger partial charge in [0, 0.05) is 31.1 Å². The number of aryl methyl sites for hydroxylation is 1. The topological polar surface area (TPSA) is 91.7 Å². The quantitative estimate of drug-likeness (QED) is 0.832. The monoisotopic (exact) mass is 369 g/mol. The number of carbonyl (C=O) groups excluding carboxylic acids is 1. The highest BCUT2D eigenvalue weighted by Gasteiger charge is 2.29. The number of rotatable bonds is 5. The van der Waals surface area contributed by atoms with Gasteiger partial charge in [-0.2, -0.15) is 0 Å². The summed E-state index contributed by atoms with van der Waals surface area (Å²) in [7, 11) is -3.14. The molecule has 0 bridgehead atoms. The van der Waals surface area contributed by atoms with E-state index in [1.807, 2.05) is 13.0 Å².